The molecule has 3 heteroatoms. The Morgan fingerprint density at radius 1 is 0.963 bits per heavy atom. The van der Waals surface area contributed by atoms with Crippen molar-refractivity contribution in [1.82, 2.24) is 0 Å². The monoisotopic (exact) mass is 372 g/mol. The van der Waals surface area contributed by atoms with Gasteiger partial charge in [-0.3, -0.25) is 4.79 Å². The minimum Gasteiger partial charge on any atom is -0.435 e. The van der Waals surface area contributed by atoms with Crippen molar-refractivity contribution >= 4 is 5.97 Å². The molecule has 0 aromatic rings. The molecule has 27 heavy (non-hydrogen) atoms. The van der Waals surface area contributed by atoms with Gasteiger partial charge in [0.25, 0.3) is 0 Å². The van der Waals surface area contributed by atoms with E-state index in [1.165, 1.54) is 50.5 Å². The van der Waals surface area contributed by atoms with Gasteiger partial charge in [0.2, 0.25) is 0 Å². The average Bonchev–Trinajstić information content (AvgIpc) is 3.00. The normalized spacial score (nSPS) is 52.3. The van der Waals surface area contributed by atoms with Crippen molar-refractivity contribution in [2.75, 3.05) is 0 Å². The van der Waals surface area contributed by atoms with E-state index in [1.54, 1.807) is 0 Å². The first kappa shape index (κ1) is 18.2. The van der Waals surface area contributed by atoms with Crippen molar-refractivity contribution in [3.05, 3.63) is 11.8 Å². The SMILES string of the molecule is C[C@]12CCC(O)CC1CCC1C2CC[C@@]2(C)[C@@H]1CC[C@H]2C1=COC(=O)CC1. The third-order valence-corrected chi connectivity index (χ3v) is 10.0. The van der Waals surface area contributed by atoms with Crippen LogP contribution in [-0.4, -0.2) is 17.2 Å². The summed E-state index contributed by atoms with van der Waals surface area (Å²) in [4.78, 5) is 11.5. The highest BCUT2D eigenvalue weighted by Gasteiger charge is 2.60. The summed E-state index contributed by atoms with van der Waals surface area (Å²) >= 11 is 0. The summed E-state index contributed by atoms with van der Waals surface area (Å²) < 4.78 is 5.31. The Hall–Kier alpha value is -0.830. The number of aliphatic hydroxyl groups excluding tert-OH is 1. The highest BCUT2D eigenvalue weighted by molar-refractivity contribution is 5.71. The maximum absolute atomic E-state index is 11.5. The molecule has 4 aliphatic carbocycles. The van der Waals surface area contributed by atoms with E-state index < -0.39 is 0 Å². The van der Waals surface area contributed by atoms with E-state index in [-0.39, 0.29) is 12.1 Å². The number of carbonyl (C=O) groups excluding carboxylic acids is 1. The molecule has 8 atom stereocenters. The molecule has 4 fully saturated rings. The van der Waals surface area contributed by atoms with Gasteiger partial charge in [-0.2, -0.15) is 0 Å². The lowest BCUT2D eigenvalue weighted by molar-refractivity contribution is -0.139. The molecule has 5 aliphatic rings. The molecule has 0 aromatic heterocycles. The molecular weight excluding hydrogens is 336 g/mol. The second kappa shape index (κ2) is 6.34. The Labute approximate surface area is 163 Å². The predicted octanol–water partition coefficient (Wildman–Crippen LogP) is 5.23. The fourth-order valence-electron chi connectivity index (χ4n) is 8.61. The number of rotatable bonds is 1. The third-order valence-electron chi connectivity index (χ3n) is 10.0. The highest BCUT2D eigenvalue weighted by Crippen LogP contribution is 2.68. The van der Waals surface area contributed by atoms with Crippen LogP contribution >= 0.6 is 0 Å². The van der Waals surface area contributed by atoms with Crippen LogP contribution in [-0.2, 0) is 9.53 Å². The van der Waals surface area contributed by atoms with E-state index in [0.717, 1.165) is 42.9 Å². The van der Waals surface area contributed by atoms with Crippen molar-refractivity contribution in [3.63, 3.8) is 0 Å². The average molecular weight is 373 g/mol. The van der Waals surface area contributed by atoms with Gasteiger partial charge in [-0.15, -0.1) is 0 Å². The Kier molecular flexibility index (Phi) is 4.28. The molecule has 1 aliphatic heterocycles. The highest BCUT2D eigenvalue weighted by atomic mass is 16.5. The second-order valence-electron chi connectivity index (χ2n) is 10.9. The van der Waals surface area contributed by atoms with Crippen LogP contribution in [0.2, 0.25) is 0 Å². The van der Waals surface area contributed by atoms with Crippen LogP contribution in [0.1, 0.15) is 84.5 Å². The molecule has 0 aromatic carbocycles. The van der Waals surface area contributed by atoms with Gasteiger partial charge < -0.3 is 9.84 Å². The molecule has 0 radical (unpaired) electrons. The smallest absolute Gasteiger partial charge is 0.310 e. The zero-order valence-corrected chi connectivity index (χ0v) is 17.1. The van der Waals surface area contributed by atoms with Crippen molar-refractivity contribution in [2.45, 2.75) is 90.6 Å². The van der Waals surface area contributed by atoms with E-state index in [1.807, 2.05) is 6.26 Å². The summed E-state index contributed by atoms with van der Waals surface area (Å²) in [5.41, 5.74) is 2.27. The molecule has 5 rings (SSSR count). The number of cyclic esters (lactones) is 1. The summed E-state index contributed by atoms with van der Waals surface area (Å²) in [5.74, 6) is 3.87. The Morgan fingerprint density at radius 3 is 2.52 bits per heavy atom. The van der Waals surface area contributed by atoms with E-state index in [4.69, 9.17) is 4.74 Å². The Bertz CT molecular complexity index is 654. The first-order valence-electron chi connectivity index (χ1n) is 11.5. The van der Waals surface area contributed by atoms with E-state index in [2.05, 4.69) is 13.8 Å². The summed E-state index contributed by atoms with van der Waals surface area (Å²) in [6.45, 7) is 5.13. The van der Waals surface area contributed by atoms with Crippen LogP contribution in [0, 0.1) is 40.4 Å². The number of esters is 1. The zero-order chi connectivity index (χ0) is 18.8. The van der Waals surface area contributed by atoms with Crippen molar-refractivity contribution in [3.8, 4) is 0 Å². The summed E-state index contributed by atoms with van der Waals surface area (Å²) in [5, 5.41) is 10.2. The molecule has 0 spiro atoms. The number of hydrogen-bond acceptors (Lipinski definition) is 3. The van der Waals surface area contributed by atoms with Crippen LogP contribution in [0.15, 0.2) is 11.8 Å². The van der Waals surface area contributed by atoms with Gasteiger partial charge >= 0.3 is 5.97 Å². The summed E-state index contributed by atoms with van der Waals surface area (Å²) in [6, 6.07) is 0. The van der Waals surface area contributed by atoms with Gasteiger partial charge in [0.05, 0.1) is 12.4 Å². The van der Waals surface area contributed by atoms with Crippen LogP contribution in [0.5, 0.6) is 0 Å². The number of ether oxygens (including phenoxy) is 1. The first-order valence-corrected chi connectivity index (χ1v) is 11.5. The Balaban J connectivity index is 1.39. The van der Waals surface area contributed by atoms with Gasteiger partial charge in [0, 0.05) is 6.42 Å². The summed E-state index contributed by atoms with van der Waals surface area (Å²) in [7, 11) is 0. The van der Waals surface area contributed by atoms with Crippen molar-refractivity contribution in [2.24, 2.45) is 40.4 Å². The number of carbonyl (C=O) groups is 1. The predicted molar refractivity (Wildman–Crippen MR) is 105 cm³/mol. The molecule has 0 saturated heterocycles. The molecule has 1 heterocycles. The van der Waals surface area contributed by atoms with Crippen LogP contribution < -0.4 is 0 Å². The number of allylic oxidation sites excluding steroid dienone is 1. The van der Waals surface area contributed by atoms with E-state index in [9.17, 15) is 9.90 Å². The van der Waals surface area contributed by atoms with Crippen LogP contribution in [0.4, 0.5) is 0 Å². The van der Waals surface area contributed by atoms with E-state index >= 15 is 0 Å². The molecular formula is C24H36O3. The lowest BCUT2D eigenvalue weighted by atomic mass is 9.44. The molecule has 3 nitrogen and oxygen atoms in total. The van der Waals surface area contributed by atoms with Crippen molar-refractivity contribution in [1.29, 1.82) is 0 Å². The fourth-order valence-corrected chi connectivity index (χ4v) is 8.61. The van der Waals surface area contributed by atoms with Crippen LogP contribution in [0.3, 0.4) is 0 Å². The lowest BCUT2D eigenvalue weighted by Gasteiger charge is -2.61. The maximum Gasteiger partial charge on any atom is 0.310 e. The zero-order valence-electron chi connectivity index (χ0n) is 17.1. The second-order valence-corrected chi connectivity index (χ2v) is 10.9. The number of hydrogen-bond donors (Lipinski definition) is 1. The van der Waals surface area contributed by atoms with Crippen molar-refractivity contribution < 1.29 is 14.6 Å². The maximum atomic E-state index is 11.5. The minimum atomic E-state index is -0.0621. The lowest BCUT2D eigenvalue weighted by Crippen LogP contribution is -2.54. The third kappa shape index (κ3) is 2.67. The fraction of sp³-hybridized carbons (Fsp3) is 0.875. The topological polar surface area (TPSA) is 46.5 Å². The van der Waals surface area contributed by atoms with E-state index in [0.29, 0.717) is 23.2 Å². The minimum absolute atomic E-state index is 0.0507. The first-order chi connectivity index (χ1) is 12.9. The Morgan fingerprint density at radius 2 is 1.74 bits per heavy atom. The van der Waals surface area contributed by atoms with Gasteiger partial charge in [0.1, 0.15) is 0 Å². The van der Waals surface area contributed by atoms with Gasteiger partial charge in [0.15, 0.2) is 0 Å². The largest absolute Gasteiger partial charge is 0.435 e. The van der Waals surface area contributed by atoms with Gasteiger partial charge in [-0.25, -0.2) is 0 Å². The molecule has 0 bridgehead atoms. The number of fused-ring (bicyclic) bond motifs is 5. The standard InChI is InChI=1S/C24H36O3/c1-23-11-9-17(25)13-16(23)4-5-18-20-7-6-19(15-3-8-22(26)27-14-15)24(20,2)12-10-21(18)23/h14,16-21,25H,3-13H2,1-2H3/t16?,17?,18?,19-,20+,21?,23-,24+/m0/s1. The molecule has 1 N–H and O–H groups in total. The molecule has 4 unspecified atom stereocenters. The van der Waals surface area contributed by atoms with Gasteiger partial charge in [-0.1, -0.05) is 13.8 Å². The van der Waals surface area contributed by atoms with Gasteiger partial charge in [-0.05, 0) is 110 Å². The molecule has 150 valence electrons. The number of aliphatic hydroxyl groups is 1. The quantitative estimate of drug-likeness (QED) is 0.641. The molecule has 0 amide bonds. The summed E-state index contributed by atoms with van der Waals surface area (Å²) in [6.07, 6.45) is 14.6. The molecule has 4 saturated carbocycles. The van der Waals surface area contributed by atoms with Crippen LogP contribution in [0.25, 0.3) is 0 Å².